The molecule has 1 heterocycles. The summed E-state index contributed by atoms with van der Waals surface area (Å²) >= 11 is 0. The summed E-state index contributed by atoms with van der Waals surface area (Å²) < 4.78 is 10.9. The van der Waals surface area contributed by atoms with Gasteiger partial charge in [0, 0.05) is 11.8 Å². The second-order valence-corrected chi connectivity index (χ2v) is 6.58. The van der Waals surface area contributed by atoms with Gasteiger partial charge in [0.2, 0.25) is 0 Å². The van der Waals surface area contributed by atoms with Crippen LogP contribution >= 0.6 is 0 Å². The van der Waals surface area contributed by atoms with E-state index >= 15 is 0 Å². The molecule has 112 valence electrons. The van der Waals surface area contributed by atoms with Crippen molar-refractivity contribution in [2.24, 2.45) is 29.6 Å². The number of esters is 2. The van der Waals surface area contributed by atoms with Gasteiger partial charge in [-0.2, -0.15) is 0 Å². The molecule has 0 radical (unpaired) electrons. The molecular weight excluding hydrogens is 256 g/mol. The highest BCUT2D eigenvalue weighted by Gasteiger charge is 2.62. The Bertz CT molecular complexity index is 403. The van der Waals surface area contributed by atoms with Gasteiger partial charge in [0.15, 0.2) is 0 Å². The van der Waals surface area contributed by atoms with Crippen LogP contribution in [0.5, 0.6) is 0 Å². The molecule has 6 unspecified atom stereocenters. The van der Waals surface area contributed by atoms with Crippen LogP contribution in [0, 0.1) is 29.6 Å². The fraction of sp³-hybridized carbons (Fsp3) is 0.875. The van der Waals surface area contributed by atoms with Crippen LogP contribution in [0.25, 0.3) is 0 Å². The Hall–Kier alpha value is -1.06. The van der Waals surface area contributed by atoms with Crippen LogP contribution < -0.4 is 0 Å². The molecule has 0 spiro atoms. The second kappa shape index (κ2) is 5.38. The van der Waals surface area contributed by atoms with E-state index < -0.39 is 0 Å². The molecule has 2 aliphatic carbocycles. The Balaban J connectivity index is 1.57. The van der Waals surface area contributed by atoms with Gasteiger partial charge in [-0.3, -0.25) is 9.59 Å². The van der Waals surface area contributed by atoms with Gasteiger partial charge in [-0.05, 0) is 31.6 Å². The summed E-state index contributed by atoms with van der Waals surface area (Å²) in [5.41, 5.74) is 0. The first-order chi connectivity index (χ1) is 9.65. The lowest BCUT2D eigenvalue weighted by molar-refractivity contribution is -0.153. The third kappa shape index (κ3) is 2.13. The molecule has 3 aliphatic rings. The van der Waals surface area contributed by atoms with Gasteiger partial charge in [-0.15, -0.1) is 0 Å². The summed E-state index contributed by atoms with van der Waals surface area (Å²) in [7, 11) is 0. The number of ether oxygens (including phenoxy) is 2. The van der Waals surface area contributed by atoms with E-state index in [2.05, 4.69) is 6.92 Å². The minimum absolute atomic E-state index is 0.00204. The molecule has 20 heavy (non-hydrogen) atoms. The molecule has 0 aromatic rings. The molecule has 4 heteroatoms. The van der Waals surface area contributed by atoms with E-state index in [0.29, 0.717) is 18.4 Å². The number of hydrogen-bond donors (Lipinski definition) is 0. The van der Waals surface area contributed by atoms with Crippen molar-refractivity contribution < 1.29 is 19.1 Å². The highest BCUT2D eigenvalue weighted by Crippen LogP contribution is 2.57. The van der Waals surface area contributed by atoms with Crippen molar-refractivity contribution in [1.29, 1.82) is 0 Å². The molecule has 2 saturated carbocycles. The minimum Gasteiger partial charge on any atom is -0.465 e. The molecule has 0 aromatic heterocycles. The van der Waals surface area contributed by atoms with Crippen molar-refractivity contribution in [3.8, 4) is 0 Å². The Morgan fingerprint density at radius 1 is 1.40 bits per heavy atom. The number of rotatable bonds is 6. The number of hydrogen-bond acceptors (Lipinski definition) is 4. The quantitative estimate of drug-likeness (QED) is 0.702. The van der Waals surface area contributed by atoms with E-state index in [4.69, 9.17) is 9.47 Å². The van der Waals surface area contributed by atoms with Crippen LogP contribution in [-0.2, 0) is 19.1 Å². The zero-order chi connectivity index (χ0) is 14.3. The van der Waals surface area contributed by atoms with Crippen molar-refractivity contribution in [1.82, 2.24) is 0 Å². The molecule has 1 saturated heterocycles. The lowest BCUT2D eigenvalue weighted by atomic mass is 9.80. The molecule has 0 N–H and O–H groups in total. The van der Waals surface area contributed by atoms with E-state index in [9.17, 15) is 9.59 Å². The van der Waals surface area contributed by atoms with Gasteiger partial charge in [0.1, 0.15) is 6.10 Å². The highest BCUT2D eigenvalue weighted by atomic mass is 16.6. The zero-order valence-electron chi connectivity index (χ0n) is 12.3. The predicted octanol–water partition coefficient (Wildman–Crippen LogP) is 2.55. The predicted molar refractivity (Wildman–Crippen MR) is 72.7 cm³/mol. The van der Waals surface area contributed by atoms with Gasteiger partial charge >= 0.3 is 11.9 Å². The maximum absolute atomic E-state index is 12.1. The topological polar surface area (TPSA) is 52.6 Å². The summed E-state index contributed by atoms with van der Waals surface area (Å²) in [6.45, 7) is 4.52. The van der Waals surface area contributed by atoms with Gasteiger partial charge in [-0.1, -0.05) is 20.3 Å². The zero-order valence-corrected chi connectivity index (χ0v) is 12.3. The van der Waals surface area contributed by atoms with Crippen LogP contribution in [0.3, 0.4) is 0 Å². The Morgan fingerprint density at radius 3 is 2.90 bits per heavy atom. The van der Waals surface area contributed by atoms with Crippen LogP contribution in [0.15, 0.2) is 0 Å². The molecule has 0 aromatic carbocycles. The lowest BCUT2D eigenvalue weighted by Gasteiger charge is -2.25. The fourth-order valence-electron chi connectivity index (χ4n) is 4.49. The third-order valence-electron chi connectivity index (χ3n) is 5.54. The highest BCUT2D eigenvalue weighted by molar-refractivity contribution is 5.77. The van der Waals surface area contributed by atoms with Crippen LogP contribution in [0.4, 0.5) is 0 Å². The molecular formula is C16H24O4. The summed E-state index contributed by atoms with van der Waals surface area (Å²) in [5.74, 6) is 0.991. The monoisotopic (exact) mass is 280 g/mol. The molecule has 2 bridgehead atoms. The average Bonchev–Trinajstić information content (AvgIpc) is 3.03. The van der Waals surface area contributed by atoms with E-state index in [1.165, 1.54) is 0 Å². The van der Waals surface area contributed by atoms with Gasteiger partial charge in [0.25, 0.3) is 0 Å². The first-order valence-corrected chi connectivity index (χ1v) is 8.02. The molecule has 1 aliphatic heterocycles. The van der Waals surface area contributed by atoms with E-state index in [-0.39, 0.29) is 35.8 Å². The summed E-state index contributed by atoms with van der Waals surface area (Å²) in [6, 6.07) is 0. The second-order valence-electron chi connectivity index (χ2n) is 6.58. The van der Waals surface area contributed by atoms with E-state index in [1.807, 2.05) is 6.92 Å². The average molecular weight is 280 g/mol. The lowest BCUT2D eigenvalue weighted by Crippen LogP contribution is -2.31. The van der Waals surface area contributed by atoms with Crippen molar-refractivity contribution in [3.63, 3.8) is 0 Å². The third-order valence-corrected chi connectivity index (χ3v) is 5.54. The Kier molecular flexibility index (Phi) is 3.74. The molecule has 3 rings (SSSR count). The Labute approximate surface area is 120 Å². The molecule has 0 amide bonds. The standard InChI is InChI=1S/C16H24O4/c1-3-5-9(4-2)15(17)19-8-12-10-6-11-13(7-10)20-16(18)14(11)12/h9-14H,3-8H2,1-2H3. The van der Waals surface area contributed by atoms with Crippen molar-refractivity contribution in [2.45, 2.75) is 52.1 Å². The summed E-state index contributed by atoms with van der Waals surface area (Å²) in [6.07, 6.45) is 4.93. The van der Waals surface area contributed by atoms with Crippen LogP contribution in [0.1, 0.15) is 46.0 Å². The van der Waals surface area contributed by atoms with Crippen molar-refractivity contribution in [3.05, 3.63) is 0 Å². The number of fused-ring (bicyclic) bond motifs is 1. The molecule has 4 nitrogen and oxygen atoms in total. The molecule has 6 atom stereocenters. The number of carbonyl (C=O) groups excluding carboxylic acids is 2. The van der Waals surface area contributed by atoms with Gasteiger partial charge in [-0.25, -0.2) is 0 Å². The van der Waals surface area contributed by atoms with Crippen molar-refractivity contribution >= 4 is 11.9 Å². The van der Waals surface area contributed by atoms with E-state index in [0.717, 1.165) is 32.1 Å². The summed E-state index contributed by atoms with van der Waals surface area (Å²) in [5, 5.41) is 0. The van der Waals surface area contributed by atoms with Crippen LogP contribution in [0.2, 0.25) is 0 Å². The van der Waals surface area contributed by atoms with Gasteiger partial charge in [0.05, 0.1) is 18.4 Å². The molecule has 3 fully saturated rings. The fourth-order valence-corrected chi connectivity index (χ4v) is 4.49. The van der Waals surface area contributed by atoms with Crippen LogP contribution in [-0.4, -0.2) is 24.6 Å². The first kappa shape index (κ1) is 13.9. The number of carbonyl (C=O) groups is 2. The Morgan fingerprint density at radius 2 is 2.20 bits per heavy atom. The largest absolute Gasteiger partial charge is 0.465 e. The van der Waals surface area contributed by atoms with Gasteiger partial charge < -0.3 is 9.47 Å². The normalized spacial score (nSPS) is 38.9. The smallest absolute Gasteiger partial charge is 0.310 e. The minimum atomic E-state index is -0.0833. The maximum Gasteiger partial charge on any atom is 0.310 e. The first-order valence-electron chi connectivity index (χ1n) is 8.02. The van der Waals surface area contributed by atoms with Crippen molar-refractivity contribution in [2.75, 3.05) is 6.61 Å². The van der Waals surface area contributed by atoms with E-state index in [1.54, 1.807) is 0 Å². The SMILES string of the molecule is CCCC(CC)C(=O)OCC1C2CC3OC(=O)C1C3C2. The maximum atomic E-state index is 12.1. The summed E-state index contributed by atoms with van der Waals surface area (Å²) in [4.78, 5) is 24.0.